The number of hydrogen-bond donors (Lipinski definition) is 2. The molecule has 0 aliphatic rings. The minimum atomic E-state index is -3.44. The molecule has 5 nitrogen and oxygen atoms in total. The van der Waals surface area contributed by atoms with Crippen LogP contribution in [-0.4, -0.2) is 36.7 Å². The molecule has 16 heavy (non-hydrogen) atoms. The number of nitrogens with one attached hydrogen (secondary N) is 2. The first-order valence-electron chi connectivity index (χ1n) is 5.02. The summed E-state index contributed by atoms with van der Waals surface area (Å²) >= 11 is 1.63. The van der Waals surface area contributed by atoms with Crippen LogP contribution in [-0.2, 0) is 10.0 Å². The van der Waals surface area contributed by atoms with Gasteiger partial charge in [-0.25, -0.2) is 13.1 Å². The van der Waals surface area contributed by atoms with Crippen molar-refractivity contribution in [1.82, 2.24) is 14.9 Å². The molecule has 1 unspecified atom stereocenters. The van der Waals surface area contributed by atoms with Crippen molar-refractivity contribution in [3.8, 4) is 0 Å². The summed E-state index contributed by atoms with van der Waals surface area (Å²) in [6.45, 7) is 3.66. The third kappa shape index (κ3) is 3.23. The predicted molar refractivity (Wildman–Crippen MR) is 66.1 cm³/mol. The molecular weight excluding hydrogens is 246 g/mol. The Bertz CT molecular complexity index is 428. The molecule has 0 spiro atoms. The smallest absolute Gasteiger partial charge is 0.244 e. The molecule has 0 amide bonds. The van der Waals surface area contributed by atoms with E-state index in [1.807, 2.05) is 13.2 Å². The van der Waals surface area contributed by atoms with E-state index in [0.717, 1.165) is 12.2 Å². The van der Waals surface area contributed by atoms with E-state index in [0.29, 0.717) is 5.69 Å². The molecule has 1 aromatic rings. The van der Waals surface area contributed by atoms with E-state index in [1.54, 1.807) is 18.7 Å². The lowest BCUT2D eigenvalue weighted by Gasteiger charge is -2.15. The number of nitrogens with zero attached hydrogens (tertiary/aromatic N) is 1. The summed E-state index contributed by atoms with van der Waals surface area (Å²) in [5, 5.41) is 6.34. The molecule has 0 fully saturated rings. The van der Waals surface area contributed by atoms with E-state index in [9.17, 15) is 8.42 Å². The van der Waals surface area contributed by atoms with Crippen LogP contribution >= 0.6 is 11.8 Å². The van der Waals surface area contributed by atoms with Crippen molar-refractivity contribution in [2.45, 2.75) is 31.2 Å². The zero-order chi connectivity index (χ0) is 12.2. The van der Waals surface area contributed by atoms with Crippen molar-refractivity contribution in [1.29, 1.82) is 0 Å². The molecule has 0 radical (unpaired) electrons. The van der Waals surface area contributed by atoms with Crippen LogP contribution in [0.3, 0.4) is 0 Å². The normalized spacial score (nSPS) is 13.9. The SMILES string of the molecule is CCC(CSC)NS(=O)(=O)c1cn[nH]c1C. The second kappa shape index (κ2) is 5.70. The number of aromatic nitrogens is 2. The monoisotopic (exact) mass is 263 g/mol. The Balaban J connectivity index is 2.83. The summed E-state index contributed by atoms with van der Waals surface area (Å²) in [5.41, 5.74) is 0.562. The Labute approximate surface area is 100 Å². The van der Waals surface area contributed by atoms with E-state index in [2.05, 4.69) is 14.9 Å². The number of sulfonamides is 1. The van der Waals surface area contributed by atoms with Crippen LogP contribution in [0.1, 0.15) is 19.0 Å². The topological polar surface area (TPSA) is 74.8 Å². The van der Waals surface area contributed by atoms with Gasteiger partial charge in [-0.3, -0.25) is 5.10 Å². The van der Waals surface area contributed by atoms with E-state index >= 15 is 0 Å². The highest BCUT2D eigenvalue weighted by atomic mass is 32.2. The summed E-state index contributed by atoms with van der Waals surface area (Å²) in [6.07, 6.45) is 4.07. The van der Waals surface area contributed by atoms with Crippen molar-refractivity contribution in [3.05, 3.63) is 11.9 Å². The highest BCUT2D eigenvalue weighted by Crippen LogP contribution is 2.13. The van der Waals surface area contributed by atoms with Gasteiger partial charge in [0.1, 0.15) is 4.90 Å². The van der Waals surface area contributed by atoms with Gasteiger partial charge in [-0.1, -0.05) is 6.92 Å². The molecule has 1 heterocycles. The number of aromatic amines is 1. The van der Waals surface area contributed by atoms with Crippen molar-refractivity contribution >= 4 is 21.8 Å². The maximum Gasteiger partial charge on any atom is 0.244 e. The third-order valence-corrected chi connectivity index (χ3v) is 4.63. The predicted octanol–water partition coefficient (Wildman–Crippen LogP) is 1.14. The Kier molecular flexibility index (Phi) is 4.82. The van der Waals surface area contributed by atoms with Crippen molar-refractivity contribution in [2.24, 2.45) is 0 Å². The van der Waals surface area contributed by atoms with Gasteiger partial charge in [0, 0.05) is 11.8 Å². The molecule has 0 bridgehead atoms. The fourth-order valence-electron chi connectivity index (χ4n) is 1.33. The summed E-state index contributed by atoms with van der Waals surface area (Å²) in [6, 6.07) is -0.0331. The van der Waals surface area contributed by atoms with Crippen LogP contribution < -0.4 is 4.72 Å². The van der Waals surface area contributed by atoms with E-state index in [4.69, 9.17) is 0 Å². The largest absolute Gasteiger partial charge is 0.281 e. The molecule has 7 heteroatoms. The lowest BCUT2D eigenvalue weighted by Crippen LogP contribution is -2.36. The lowest BCUT2D eigenvalue weighted by atomic mass is 10.3. The molecule has 0 saturated heterocycles. The van der Waals surface area contributed by atoms with Gasteiger partial charge in [0.2, 0.25) is 10.0 Å². The highest BCUT2D eigenvalue weighted by Gasteiger charge is 2.21. The zero-order valence-electron chi connectivity index (χ0n) is 9.65. The minimum absolute atomic E-state index is 0.0331. The van der Waals surface area contributed by atoms with Crippen LogP contribution in [0.4, 0.5) is 0 Å². The molecule has 0 aliphatic carbocycles. The fraction of sp³-hybridized carbons (Fsp3) is 0.667. The lowest BCUT2D eigenvalue weighted by molar-refractivity contribution is 0.558. The summed E-state index contributed by atoms with van der Waals surface area (Å²) in [4.78, 5) is 0.229. The van der Waals surface area contributed by atoms with E-state index < -0.39 is 10.0 Å². The Morgan fingerprint density at radius 1 is 1.62 bits per heavy atom. The quantitative estimate of drug-likeness (QED) is 0.807. The van der Waals surface area contributed by atoms with Crippen LogP contribution in [0, 0.1) is 6.92 Å². The molecule has 1 rings (SSSR count). The number of rotatable bonds is 6. The van der Waals surface area contributed by atoms with Gasteiger partial charge in [-0.15, -0.1) is 0 Å². The second-order valence-corrected chi connectivity index (χ2v) is 6.13. The van der Waals surface area contributed by atoms with Crippen LogP contribution in [0.15, 0.2) is 11.1 Å². The molecule has 1 aromatic heterocycles. The maximum absolute atomic E-state index is 12.0. The average molecular weight is 263 g/mol. The zero-order valence-corrected chi connectivity index (χ0v) is 11.3. The van der Waals surface area contributed by atoms with Crippen LogP contribution in [0.5, 0.6) is 0 Å². The summed E-state index contributed by atoms with van der Waals surface area (Å²) in [5.74, 6) is 0.770. The Morgan fingerprint density at radius 3 is 2.75 bits per heavy atom. The number of thioether (sulfide) groups is 1. The average Bonchev–Trinajstić information content (AvgIpc) is 2.64. The van der Waals surface area contributed by atoms with E-state index in [-0.39, 0.29) is 10.9 Å². The second-order valence-electron chi connectivity index (χ2n) is 3.54. The molecular formula is C9H17N3O2S2. The number of hydrogen-bond acceptors (Lipinski definition) is 4. The molecule has 2 N–H and O–H groups in total. The third-order valence-electron chi connectivity index (χ3n) is 2.26. The van der Waals surface area contributed by atoms with Crippen LogP contribution in [0.2, 0.25) is 0 Å². The van der Waals surface area contributed by atoms with Gasteiger partial charge in [-0.05, 0) is 19.6 Å². The van der Waals surface area contributed by atoms with E-state index in [1.165, 1.54) is 6.20 Å². The summed E-state index contributed by atoms with van der Waals surface area (Å²) in [7, 11) is -3.44. The summed E-state index contributed by atoms with van der Waals surface area (Å²) < 4.78 is 26.6. The minimum Gasteiger partial charge on any atom is -0.281 e. The molecule has 0 saturated carbocycles. The number of H-pyrrole nitrogens is 1. The van der Waals surface area contributed by atoms with Gasteiger partial charge in [0.05, 0.1) is 11.9 Å². The molecule has 0 aliphatic heterocycles. The van der Waals surface area contributed by atoms with Crippen LogP contribution in [0.25, 0.3) is 0 Å². The Hall–Kier alpha value is -0.530. The van der Waals surface area contributed by atoms with Gasteiger partial charge < -0.3 is 0 Å². The van der Waals surface area contributed by atoms with Crippen molar-refractivity contribution < 1.29 is 8.42 Å². The first-order valence-corrected chi connectivity index (χ1v) is 7.90. The molecule has 0 aromatic carbocycles. The molecule has 1 atom stereocenters. The molecule has 92 valence electrons. The first-order chi connectivity index (χ1) is 7.51. The first kappa shape index (κ1) is 13.5. The fourth-order valence-corrected chi connectivity index (χ4v) is 3.61. The highest BCUT2D eigenvalue weighted by molar-refractivity contribution is 7.98. The van der Waals surface area contributed by atoms with Gasteiger partial charge in [-0.2, -0.15) is 16.9 Å². The standard InChI is InChI=1S/C9H17N3O2S2/c1-4-8(6-15-3)12-16(13,14)9-5-10-11-7(9)2/h5,8,12H,4,6H2,1-3H3,(H,10,11). The van der Waals surface area contributed by atoms with Gasteiger partial charge >= 0.3 is 0 Å². The van der Waals surface area contributed by atoms with Gasteiger partial charge in [0.15, 0.2) is 0 Å². The van der Waals surface area contributed by atoms with Gasteiger partial charge in [0.25, 0.3) is 0 Å². The number of aryl methyl sites for hydroxylation is 1. The Morgan fingerprint density at radius 2 is 2.31 bits per heavy atom. The maximum atomic E-state index is 12.0. The van der Waals surface area contributed by atoms with Crippen molar-refractivity contribution in [2.75, 3.05) is 12.0 Å². The van der Waals surface area contributed by atoms with Crippen molar-refractivity contribution in [3.63, 3.8) is 0 Å².